The molecular weight excluding hydrogens is 512 g/mol. The van der Waals surface area contributed by atoms with Crippen molar-refractivity contribution < 1.29 is 24.2 Å². The number of ether oxygens (including phenoxy) is 2. The van der Waals surface area contributed by atoms with Gasteiger partial charge in [-0.05, 0) is 105 Å². The summed E-state index contributed by atoms with van der Waals surface area (Å²) in [4.78, 5) is 24.8. The first kappa shape index (κ1) is 32.6. The molecule has 0 saturated heterocycles. The molecule has 4 rings (SSSR count). The zero-order valence-corrected chi connectivity index (χ0v) is 27.3. The Morgan fingerprint density at radius 2 is 1.73 bits per heavy atom. The number of carbonyl (C=O) groups excluding carboxylic acids is 2. The van der Waals surface area contributed by atoms with E-state index >= 15 is 0 Å². The third-order valence-corrected chi connectivity index (χ3v) is 12.2. The van der Waals surface area contributed by atoms with Crippen LogP contribution < -0.4 is 0 Å². The Morgan fingerprint density at radius 3 is 2.44 bits per heavy atom. The van der Waals surface area contributed by atoms with Crippen molar-refractivity contribution in [3.8, 4) is 0 Å². The van der Waals surface area contributed by atoms with E-state index in [1.54, 1.807) is 13.8 Å². The van der Waals surface area contributed by atoms with Gasteiger partial charge in [-0.2, -0.15) is 0 Å². The molecule has 4 aliphatic carbocycles. The number of fused-ring (bicyclic) bond motifs is 5. The maximum absolute atomic E-state index is 12.6. The summed E-state index contributed by atoms with van der Waals surface area (Å²) in [5.41, 5.74) is 1.53. The smallest absolute Gasteiger partial charge is 0.306 e. The third kappa shape index (κ3) is 7.24. The summed E-state index contributed by atoms with van der Waals surface area (Å²) in [6.45, 7) is 15.9. The summed E-state index contributed by atoms with van der Waals surface area (Å²) < 4.78 is 11.3. The zero-order chi connectivity index (χ0) is 30.0. The second-order valence-electron chi connectivity index (χ2n) is 15.9. The predicted octanol–water partition coefficient (Wildman–Crippen LogP) is 8.42. The highest BCUT2D eigenvalue weighted by atomic mass is 16.6. The molecule has 8 atom stereocenters. The summed E-state index contributed by atoms with van der Waals surface area (Å²) in [7, 11) is 0. The fourth-order valence-electron chi connectivity index (χ4n) is 9.88. The Hall–Kier alpha value is -1.36. The van der Waals surface area contributed by atoms with E-state index in [9.17, 15) is 9.59 Å². The average molecular weight is 573 g/mol. The largest absolute Gasteiger partial charge is 0.462 e. The van der Waals surface area contributed by atoms with Gasteiger partial charge in [0, 0.05) is 19.4 Å². The molecule has 41 heavy (non-hydrogen) atoms. The van der Waals surface area contributed by atoms with E-state index < -0.39 is 11.6 Å². The lowest BCUT2D eigenvalue weighted by molar-refractivity contribution is -0.162. The average Bonchev–Trinajstić information content (AvgIpc) is 3.24. The molecule has 0 aromatic heterocycles. The highest BCUT2D eigenvalue weighted by Crippen LogP contribution is 2.67. The molecule has 0 radical (unpaired) electrons. The molecule has 1 N–H and O–H groups in total. The summed E-state index contributed by atoms with van der Waals surface area (Å²) in [6, 6.07) is 0. The van der Waals surface area contributed by atoms with Crippen molar-refractivity contribution in [1.82, 2.24) is 0 Å². The number of hydrogen-bond acceptors (Lipinski definition) is 5. The van der Waals surface area contributed by atoms with Crippen LogP contribution in [0.25, 0.3) is 0 Å². The van der Waals surface area contributed by atoms with Crippen LogP contribution >= 0.6 is 0 Å². The molecule has 3 saturated carbocycles. The van der Waals surface area contributed by atoms with Gasteiger partial charge in [0.2, 0.25) is 0 Å². The number of carbonyl (C=O) groups is 2. The van der Waals surface area contributed by atoms with Crippen LogP contribution in [0.3, 0.4) is 0 Å². The SMILES string of the molecule is CC(C)CCCC(C)C1CCC2C3CC=C4C[C@@H](OC(=O)CCC(=O)OC(C)(C)CCO)CC[C@]4(C)C3CC[C@]12C. The second-order valence-corrected chi connectivity index (χ2v) is 15.9. The molecule has 0 bridgehead atoms. The Balaban J connectivity index is 1.32. The summed E-state index contributed by atoms with van der Waals surface area (Å²) in [6.07, 6.45) is 16.6. The minimum absolute atomic E-state index is 0.0159. The van der Waals surface area contributed by atoms with Gasteiger partial charge in [0.25, 0.3) is 0 Å². The molecule has 4 aliphatic rings. The van der Waals surface area contributed by atoms with Crippen molar-refractivity contribution in [2.75, 3.05) is 6.61 Å². The van der Waals surface area contributed by atoms with E-state index in [0.29, 0.717) is 11.8 Å². The van der Waals surface area contributed by atoms with Gasteiger partial charge >= 0.3 is 11.9 Å². The van der Waals surface area contributed by atoms with E-state index in [2.05, 4.69) is 40.7 Å². The highest BCUT2D eigenvalue weighted by Gasteiger charge is 2.59. The molecule has 0 aliphatic heterocycles. The minimum Gasteiger partial charge on any atom is -0.462 e. The van der Waals surface area contributed by atoms with Gasteiger partial charge in [0.05, 0.1) is 12.8 Å². The van der Waals surface area contributed by atoms with E-state index in [0.717, 1.165) is 54.8 Å². The fourth-order valence-corrected chi connectivity index (χ4v) is 9.88. The van der Waals surface area contributed by atoms with Crippen molar-refractivity contribution in [2.24, 2.45) is 46.3 Å². The summed E-state index contributed by atoms with van der Waals surface area (Å²) in [5.74, 6) is 4.22. The van der Waals surface area contributed by atoms with Crippen LogP contribution in [-0.2, 0) is 19.1 Å². The molecule has 234 valence electrons. The lowest BCUT2D eigenvalue weighted by Crippen LogP contribution is -2.51. The number of allylic oxidation sites excluding steroid dienone is 1. The van der Waals surface area contributed by atoms with Gasteiger partial charge in [-0.1, -0.05) is 65.5 Å². The molecular formula is C36H60O5. The number of esters is 2. The van der Waals surface area contributed by atoms with Gasteiger partial charge in [0.15, 0.2) is 0 Å². The van der Waals surface area contributed by atoms with Gasteiger partial charge < -0.3 is 14.6 Å². The maximum Gasteiger partial charge on any atom is 0.306 e. The Kier molecular flexibility index (Phi) is 10.4. The fraction of sp³-hybridized carbons (Fsp3) is 0.889. The van der Waals surface area contributed by atoms with Crippen LogP contribution in [0, 0.1) is 46.3 Å². The molecule has 3 fully saturated rings. The molecule has 5 unspecified atom stereocenters. The normalized spacial score (nSPS) is 35.6. The first-order valence-corrected chi connectivity index (χ1v) is 17.0. The van der Waals surface area contributed by atoms with Crippen LogP contribution in [0.5, 0.6) is 0 Å². The number of aliphatic hydroxyl groups is 1. The first-order chi connectivity index (χ1) is 19.3. The lowest BCUT2D eigenvalue weighted by Gasteiger charge is -2.58. The minimum atomic E-state index is -0.726. The molecule has 0 amide bonds. The van der Waals surface area contributed by atoms with Crippen LogP contribution in [0.2, 0.25) is 0 Å². The van der Waals surface area contributed by atoms with E-state index in [-0.39, 0.29) is 36.9 Å². The Labute approximate surface area is 250 Å². The van der Waals surface area contributed by atoms with Crippen molar-refractivity contribution in [3.05, 3.63) is 11.6 Å². The quantitative estimate of drug-likeness (QED) is 0.188. The number of rotatable bonds is 12. The van der Waals surface area contributed by atoms with Gasteiger partial charge in [-0.15, -0.1) is 0 Å². The summed E-state index contributed by atoms with van der Waals surface area (Å²) in [5, 5.41) is 9.13. The standard InChI is InChI=1S/C36H60O5/c1-24(2)9-8-10-25(3)29-13-14-30-28-12-11-26-23-27(17-19-35(26,6)31(28)18-20-36(29,30)7)40-32(38)15-16-33(39)41-34(4,5)21-22-37/h11,24-25,27-31,37H,8-10,12-23H2,1-7H3/t25?,27-,28?,29?,30?,31?,35-,36+/m0/s1. The Morgan fingerprint density at radius 1 is 1.00 bits per heavy atom. The van der Waals surface area contributed by atoms with Crippen molar-refractivity contribution in [1.29, 1.82) is 0 Å². The van der Waals surface area contributed by atoms with Crippen LogP contribution in [0.15, 0.2) is 11.6 Å². The molecule has 0 heterocycles. The van der Waals surface area contributed by atoms with E-state index in [1.807, 2.05) is 0 Å². The zero-order valence-electron chi connectivity index (χ0n) is 27.3. The van der Waals surface area contributed by atoms with Crippen molar-refractivity contribution >= 4 is 11.9 Å². The molecule has 0 aromatic rings. The molecule has 0 aromatic carbocycles. The van der Waals surface area contributed by atoms with Gasteiger partial charge in [0.1, 0.15) is 11.7 Å². The van der Waals surface area contributed by atoms with Gasteiger partial charge in [-0.3, -0.25) is 9.59 Å². The van der Waals surface area contributed by atoms with Crippen LogP contribution in [0.1, 0.15) is 138 Å². The maximum atomic E-state index is 12.6. The third-order valence-electron chi connectivity index (χ3n) is 12.2. The second kappa shape index (κ2) is 13.1. The predicted molar refractivity (Wildman–Crippen MR) is 164 cm³/mol. The van der Waals surface area contributed by atoms with Crippen LogP contribution in [-0.4, -0.2) is 35.4 Å². The number of hydrogen-bond donors (Lipinski definition) is 1. The summed E-state index contributed by atoms with van der Waals surface area (Å²) >= 11 is 0. The van der Waals surface area contributed by atoms with E-state index in [1.165, 1.54) is 56.9 Å². The monoisotopic (exact) mass is 572 g/mol. The topological polar surface area (TPSA) is 72.8 Å². The molecule has 0 spiro atoms. The first-order valence-electron chi connectivity index (χ1n) is 17.0. The molecule has 5 heteroatoms. The number of aliphatic hydroxyl groups excluding tert-OH is 1. The molecule has 5 nitrogen and oxygen atoms in total. The van der Waals surface area contributed by atoms with Crippen molar-refractivity contribution in [3.63, 3.8) is 0 Å². The van der Waals surface area contributed by atoms with E-state index in [4.69, 9.17) is 14.6 Å². The van der Waals surface area contributed by atoms with Crippen molar-refractivity contribution in [2.45, 2.75) is 150 Å². The lowest BCUT2D eigenvalue weighted by atomic mass is 9.47. The van der Waals surface area contributed by atoms with Crippen LogP contribution in [0.4, 0.5) is 0 Å². The van der Waals surface area contributed by atoms with Gasteiger partial charge in [-0.25, -0.2) is 0 Å². The Bertz CT molecular complexity index is 952. The highest BCUT2D eigenvalue weighted by molar-refractivity contribution is 5.78.